The predicted octanol–water partition coefficient (Wildman–Crippen LogP) is 5.73. The van der Waals surface area contributed by atoms with Crippen LogP contribution in [-0.4, -0.2) is 72.5 Å². The predicted molar refractivity (Wildman–Crippen MR) is 156 cm³/mol. The van der Waals surface area contributed by atoms with Crippen molar-refractivity contribution in [2.45, 2.75) is 44.1 Å². The summed E-state index contributed by atoms with van der Waals surface area (Å²) in [6, 6.07) is 11.6. The highest BCUT2D eigenvalue weighted by molar-refractivity contribution is 7.98. The van der Waals surface area contributed by atoms with Crippen LogP contribution in [0, 0.1) is 0 Å². The van der Waals surface area contributed by atoms with Crippen molar-refractivity contribution >= 4 is 46.6 Å². The Morgan fingerprint density at radius 1 is 1.23 bits per heavy atom. The highest BCUT2D eigenvalue weighted by Gasteiger charge is 2.28. The van der Waals surface area contributed by atoms with E-state index in [4.69, 9.17) is 9.47 Å². The second kappa shape index (κ2) is 12.3. The van der Waals surface area contributed by atoms with Gasteiger partial charge in [-0.15, -0.1) is 11.3 Å². The highest BCUT2D eigenvalue weighted by atomic mass is 32.2. The van der Waals surface area contributed by atoms with E-state index in [2.05, 4.69) is 9.97 Å². The molecule has 39 heavy (non-hydrogen) atoms. The number of ether oxygens (including phenoxy) is 2. The molecule has 0 bridgehead atoms. The van der Waals surface area contributed by atoms with E-state index in [0.29, 0.717) is 48.3 Å². The molecule has 0 unspecified atom stereocenters. The minimum Gasteiger partial charge on any atom is -0.485 e. The van der Waals surface area contributed by atoms with E-state index in [1.807, 2.05) is 80.8 Å². The Balaban J connectivity index is 1.52. The lowest BCUT2D eigenvalue weighted by molar-refractivity contribution is 0.0279. The number of amides is 2. The van der Waals surface area contributed by atoms with Crippen LogP contribution in [0.25, 0.3) is 0 Å². The highest BCUT2D eigenvalue weighted by Crippen LogP contribution is 2.32. The molecule has 2 amide bonds. The lowest BCUT2D eigenvalue weighted by Crippen LogP contribution is -2.35. The SMILES string of the molecule is CSc1ncc2c(n1)N(C)CCN(c1cccc(O[C@@H](CCN(C)C(=O)OC(C)(C)C)c3cccs3)c1)C2=O. The van der Waals surface area contributed by atoms with Gasteiger partial charge in [0.25, 0.3) is 5.91 Å². The maximum absolute atomic E-state index is 13.6. The number of aromatic nitrogens is 2. The van der Waals surface area contributed by atoms with E-state index < -0.39 is 5.60 Å². The average molecular weight is 570 g/mol. The summed E-state index contributed by atoms with van der Waals surface area (Å²) in [5.74, 6) is 1.14. The van der Waals surface area contributed by atoms with Crippen molar-refractivity contribution in [2.75, 3.05) is 49.8 Å². The van der Waals surface area contributed by atoms with Crippen LogP contribution in [0.4, 0.5) is 16.3 Å². The van der Waals surface area contributed by atoms with Gasteiger partial charge in [0, 0.05) is 63.0 Å². The van der Waals surface area contributed by atoms with Crippen molar-refractivity contribution in [3.8, 4) is 5.75 Å². The number of rotatable bonds is 8. The van der Waals surface area contributed by atoms with Crippen LogP contribution >= 0.6 is 23.1 Å². The van der Waals surface area contributed by atoms with Gasteiger partial charge in [0.05, 0.1) is 0 Å². The summed E-state index contributed by atoms with van der Waals surface area (Å²) >= 11 is 3.05. The van der Waals surface area contributed by atoms with Crippen LogP contribution in [0.15, 0.2) is 53.1 Å². The third kappa shape index (κ3) is 7.21. The van der Waals surface area contributed by atoms with Gasteiger partial charge in [-0.2, -0.15) is 0 Å². The quantitative estimate of drug-likeness (QED) is 0.251. The van der Waals surface area contributed by atoms with Gasteiger partial charge in [0.15, 0.2) is 5.16 Å². The molecule has 0 saturated carbocycles. The van der Waals surface area contributed by atoms with Gasteiger partial charge < -0.3 is 24.2 Å². The molecular weight excluding hydrogens is 534 g/mol. The Hall–Kier alpha value is -3.31. The van der Waals surface area contributed by atoms with Crippen LogP contribution in [0.1, 0.15) is 48.5 Å². The van der Waals surface area contributed by atoms with E-state index >= 15 is 0 Å². The van der Waals surface area contributed by atoms with Crippen LogP contribution < -0.4 is 14.5 Å². The minimum absolute atomic E-state index is 0.145. The molecule has 0 fully saturated rings. The van der Waals surface area contributed by atoms with Gasteiger partial charge >= 0.3 is 6.09 Å². The minimum atomic E-state index is -0.557. The van der Waals surface area contributed by atoms with Crippen LogP contribution in [0.3, 0.4) is 0 Å². The zero-order chi connectivity index (χ0) is 28.2. The molecule has 11 heteroatoms. The third-order valence-electron chi connectivity index (χ3n) is 6.13. The van der Waals surface area contributed by atoms with Crippen molar-refractivity contribution in [1.29, 1.82) is 0 Å². The first-order chi connectivity index (χ1) is 18.6. The van der Waals surface area contributed by atoms with Crippen molar-refractivity contribution in [3.63, 3.8) is 0 Å². The lowest BCUT2D eigenvalue weighted by Gasteiger charge is -2.26. The van der Waals surface area contributed by atoms with E-state index in [1.54, 1.807) is 34.4 Å². The molecule has 1 aliphatic rings. The molecule has 1 aliphatic heterocycles. The Morgan fingerprint density at radius 3 is 2.72 bits per heavy atom. The molecule has 3 aromatic rings. The maximum atomic E-state index is 13.6. The van der Waals surface area contributed by atoms with E-state index in [-0.39, 0.29) is 18.1 Å². The number of carbonyl (C=O) groups is 2. The molecular formula is C28H35N5O4S2. The molecule has 9 nitrogen and oxygen atoms in total. The summed E-state index contributed by atoms with van der Waals surface area (Å²) in [7, 11) is 3.66. The number of carbonyl (C=O) groups excluding carboxylic acids is 2. The number of thioether (sulfide) groups is 1. The first-order valence-electron chi connectivity index (χ1n) is 12.7. The summed E-state index contributed by atoms with van der Waals surface area (Å²) in [5, 5.41) is 2.64. The summed E-state index contributed by atoms with van der Waals surface area (Å²) in [5.41, 5.74) is 0.656. The number of fused-ring (bicyclic) bond motifs is 1. The van der Waals surface area contributed by atoms with Crippen molar-refractivity contribution < 1.29 is 19.1 Å². The average Bonchev–Trinajstić information content (AvgIpc) is 3.40. The Kier molecular flexibility index (Phi) is 9.01. The number of hydrogen-bond donors (Lipinski definition) is 0. The van der Waals surface area contributed by atoms with Crippen molar-refractivity contribution in [2.24, 2.45) is 0 Å². The van der Waals surface area contributed by atoms with Crippen molar-refractivity contribution in [1.82, 2.24) is 14.9 Å². The van der Waals surface area contributed by atoms with Crippen molar-refractivity contribution in [3.05, 3.63) is 58.4 Å². The third-order valence-corrected chi connectivity index (χ3v) is 7.65. The second-order valence-electron chi connectivity index (χ2n) is 10.3. The van der Waals surface area contributed by atoms with E-state index in [1.165, 1.54) is 11.8 Å². The topological polar surface area (TPSA) is 88.1 Å². The first-order valence-corrected chi connectivity index (χ1v) is 14.8. The molecule has 4 rings (SSSR count). The number of nitrogens with zero attached hydrogens (tertiary/aromatic N) is 5. The number of likely N-dealkylation sites (N-methyl/N-ethyl adjacent to an activating group) is 1. The molecule has 0 aliphatic carbocycles. The zero-order valence-electron chi connectivity index (χ0n) is 23.2. The van der Waals surface area contributed by atoms with Gasteiger partial charge in [0.2, 0.25) is 0 Å². The fraction of sp³-hybridized carbons (Fsp3) is 0.429. The van der Waals surface area contributed by atoms with Crippen LogP contribution in [0.5, 0.6) is 5.75 Å². The first kappa shape index (κ1) is 28.7. The molecule has 0 saturated heterocycles. The Bertz CT molecular complexity index is 1300. The smallest absolute Gasteiger partial charge is 0.410 e. The number of benzene rings is 1. The molecule has 1 aromatic carbocycles. The number of hydrogen-bond acceptors (Lipinski definition) is 9. The van der Waals surface area contributed by atoms with Gasteiger partial charge in [-0.25, -0.2) is 14.8 Å². The van der Waals surface area contributed by atoms with Crippen LogP contribution in [-0.2, 0) is 4.74 Å². The molecule has 208 valence electrons. The monoisotopic (exact) mass is 569 g/mol. The Labute approximate surface area is 238 Å². The zero-order valence-corrected chi connectivity index (χ0v) is 24.8. The van der Waals surface area contributed by atoms with Gasteiger partial charge in [-0.05, 0) is 50.6 Å². The molecule has 2 aromatic heterocycles. The standard InChI is InChI=1S/C28H35N5O4S2/c1-28(2,3)37-27(35)32(5)13-12-22(23-11-8-16-39-23)36-20-10-7-9-19(17-20)33-15-14-31(4)24-21(25(33)34)18-29-26(30-24)38-6/h7-11,16-18,22H,12-15H2,1-6H3/t22-/m0/s1. The molecule has 0 N–H and O–H groups in total. The Morgan fingerprint density at radius 2 is 2.03 bits per heavy atom. The fourth-order valence-corrected chi connectivity index (χ4v) is 5.24. The summed E-state index contributed by atoms with van der Waals surface area (Å²) in [4.78, 5) is 41.3. The molecule has 1 atom stereocenters. The lowest BCUT2D eigenvalue weighted by atomic mass is 10.2. The second-order valence-corrected chi connectivity index (χ2v) is 12.0. The molecule has 0 radical (unpaired) electrons. The normalized spacial score (nSPS) is 14.5. The summed E-state index contributed by atoms with van der Waals surface area (Å²) < 4.78 is 12.0. The summed E-state index contributed by atoms with van der Waals surface area (Å²) in [6.07, 6.45) is 3.47. The number of thiophene rings is 1. The van der Waals surface area contributed by atoms with E-state index in [9.17, 15) is 9.59 Å². The van der Waals surface area contributed by atoms with Gasteiger partial charge in [-0.1, -0.05) is 23.9 Å². The van der Waals surface area contributed by atoms with Gasteiger partial charge in [-0.3, -0.25) is 4.79 Å². The largest absolute Gasteiger partial charge is 0.485 e. The molecule has 0 spiro atoms. The maximum Gasteiger partial charge on any atom is 0.410 e. The van der Waals surface area contributed by atoms with E-state index in [0.717, 1.165) is 10.6 Å². The van der Waals surface area contributed by atoms with Gasteiger partial charge in [0.1, 0.15) is 28.8 Å². The molecule has 3 heterocycles. The number of anilines is 2. The summed E-state index contributed by atoms with van der Waals surface area (Å²) in [6.45, 7) is 7.14. The van der Waals surface area contributed by atoms with Crippen LogP contribution in [0.2, 0.25) is 0 Å². The fourth-order valence-electron chi connectivity index (χ4n) is 4.11.